The van der Waals surface area contributed by atoms with Gasteiger partial charge in [0.1, 0.15) is 0 Å². The van der Waals surface area contributed by atoms with Crippen LogP contribution in [0, 0.1) is 0 Å². The molecule has 0 aliphatic carbocycles. The summed E-state index contributed by atoms with van der Waals surface area (Å²) in [6.07, 6.45) is 0.280. The molecule has 0 aromatic heterocycles. The highest BCUT2D eigenvalue weighted by Gasteiger charge is 2.08. The highest BCUT2D eigenvalue weighted by atomic mass is 32.2. The summed E-state index contributed by atoms with van der Waals surface area (Å²) < 4.78 is 29.3. The van der Waals surface area contributed by atoms with Gasteiger partial charge >= 0.3 is 5.97 Å². The monoisotopic (exact) mass is 257 g/mol. The van der Waals surface area contributed by atoms with Gasteiger partial charge in [-0.15, -0.1) is 0 Å². The number of sulfonamides is 1. The number of esters is 1. The third kappa shape index (κ3) is 4.97. The van der Waals surface area contributed by atoms with Gasteiger partial charge in [0.15, 0.2) is 0 Å². The van der Waals surface area contributed by atoms with Crippen molar-refractivity contribution in [3.63, 3.8) is 0 Å². The maximum atomic E-state index is 11.5. The maximum Gasteiger partial charge on any atom is 0.338 e. The number of rotatable bonds is 6. The van der Waals surface area contributed by atoms with E-state index in [2.05, 4.69) is 4.72 Å². The first kappa shape index (κ1) is 13.7. The molecule has 1 rings (SSSR count). The van der Waals surface area contributed by atoms with Crippen LogP contribution in [-0.2, 0) is 14.8 Å². The van der Waals surface area contributed by atoms with Crippen LogP contribution in [-0.4, -0.2) is 33.8 Å². The quantitative estimate of drug-likeness (QED) is 0.604. The molecular formula is C11H15NO4S. The summed E-state index contributed by atoms with van der Waals surface area (Å²) in [7, 11) is -1.87. The Morgan fingerprint density at radius 2 is 1.94 bits per heavy atom. The highest BCUT2D eigenvalue weighted by molar-refractivity contribution is 7.89. The molecule has 0 heterocycles. The van der Waals surface area contributed by atoms with Crippen LogP contribution >= 0.6 is 0 Å². The molecule has 1 N–H and O–H groups in total. The van der Waals surface area contributed by atoms with E-state index in [1.807, 2.05) is 0 Å². The number of carbonyl (C=O) groups excluding carboxylic acids is 1. The molecule has 0 aliphatic rings. The zero-order chi connectivity index (χ0) is 12.7. The lowest BCUT2D eigenvalue weighted by molar-refractivity contribution is 0.0505. The van der Waals surface area contributed by atoms with Gasteiger partial charge in [0.05, 0.1) is 17.9 Å². The molecule has 0 spiro atoms. The number of hydrogen-bond donors (Lipinski definition) is 1. The van der Waals surface area contributed by atoms with Crippen molar-refractivity contribution in [3.8, 4) is 0 Å². The van der Waals surface area contributed by atoms with Crippen molar-refractivity contribution < 1.29 is 17.9 Å². The second-order valence-corrected chi connectivity index (χ2v) is 5.42. The van der Waals surface area contributed by atoms with Gasteiger partial charge in [0.2, 0.25) is 10.0 Å². The molecular weight excluding hydrogens is 242 g/mol. The Balaban J connectivity index is 2.31. The Hall–Kier alpha value is -1.40. The molecule has 0 amide bonds. The summed E-state index contributed by atoms with van der Waals surface area (Å²) in [4.78, 5) is 11.5. The van der Waals surface area contributed by atoms with Crippen LogP contribution in [0.4, 0.5) is 0 Å². The predicted molar refractivity (Wildman–Crippen MR) is 64.2 cm³/mol. The number of hydrogen-bond acceptors (Lipinski definition) is 4. The van der Waals surface area contributed by atoms with Crippen molar-refractivity contribution in [2.75, 3.05) is 19.4 Å². The summed E-state index contributed by atoms with van der Waals surface area (Å²) >= 11 is 0. The van der Waals surface area contributed by atoms with Crippen molar-refractivity contribution in [2.45, 2.75) is 6.42 Å². The molecule has 0 unspecified atom stereocenters. The van der Waals surface area contributed by atoms with Crippen molar-refractivity contribution >= 4 is 16.0 Å². The average Bonchev–Trinajstić information content (AvgIpc) is 2.35. The van der Waals surface area contributed by atoms with E-state index >= 15 is 0 Å². The fourth-order valence-corrected chi connectivity index (χ4v) is 1.88. The first-order chi connectivity index (χ1) is 8.05. The molecule has 0 radical (unpaired) electrons. The Kier molecular flexibility index (Phi) is 5.11. The highest BCUT2D eigenvalue weighted by Crippen LogP contribution is 2.01. The van der Waals surface area contributed by atoms with Gasteiger partial charge in [0.25, 0.3) is 0 Å². The van der Waals surface area contributed by atoms with Crippen molar-refractivity contribution in [1.82, 2.24) is 4.72 Å². The van der Waals surface area contributed by atoms with Crippen LogP contribution in [0.3, 0.4) is 0 Å². The fourth-order valence-electron chi connectivity index (χ4n) is 1.17. The average molecular weight is 257 g/mol. The number of nitrogens with one attached hydrogen (secondary N) is 1. The Bertz CT molecular complexity index is 456. The van der Waals surface area contributed by atoms with E-state index in [0.29, 0.717) is 5.56 Å². The third-order valence-corrected chi connectivity index (χ3v) is 3.56. The largest absolute Gasteiger partial charge is 0.462 e. The molecule has 0 bridgehead atoms. The summed E-state index contributed by atoms with van der Waals surface area (Å²) in [6.45, 7) is 0.0919. The minimum atomic E-state index is -3.22. The van der Waals surface area contributed by atoms with Crippen LogP contribution in [0.5, 0.6) is 0 Å². The Morgan fingerprint density at radius 1 is 1.29 bits per heavy atom. The number of carbonyl (C=O) groups is 1. The van der Waals surface area contributed by atoms with E-state index in [0.717, 1.165) is 0 Å². The first-order valence-corrected chi connectivity index (χ1v) is 6.84. The summed E-state index contributed by atoms with van der Waals surface area (Å²) in [5.74, 6) is -0.488. The van der Waals surface area contributed by atoms with E-state index in [4.69, 9.17) is 4.74 Å². The molecule has 1 aromatic carbocycles. The number of benzene rings is 1. The van der Waals surface area contributed by atoms with Crippen LogP contribution in [0.25, 0.3) is 0 Å². The summed E-state index contributed by atoms with van der Waals surface area (Å²) in [5.41, 5.74) is 0.462. The van der Waals surface area contributed by atoms with Gasteiger partial charge in [-0.25, -0.2) is 17.9 Å². The van der Waals surface area contributed by atoms with Crippen molar-refractivity contribution in [3.05, 3.63) is 35.9 Å². The van der Waals surface area contributed by atoms with Crippen LogP contribution in [0.2, 0.25) is 0 Å². The van der Waals surface area contributed by atoms with Crippen LogP contribution < -0.4 is 4.72 Å². The van der Waals surface area contributed by atoms with Gasteiger partial charge in [0, 0.05) is 0 Å². The predicted octanol–water partition coefficient (Wildman–Crippen LogP) is 0.783. The molecule has 0 atom stereocenters. The van der Waals surface area contributed by atoms with Gasteiger partial charge in [-0.1, -0.05) is 18.2 Å². The molecule has 6 heteroatoms. The molecule has 0 aliphatic heterocycles. The van der Waals surface area contributed by atoms with Crippen molar-refractivity contribution in [2.24, 2.45) is 0 Å². The SMILES string of the molecule is CNS(=O)(=O)CCCOC(=O)c1ccccc1. The fraction of sp³-hybridized carbons (Fsp3) is 0.364. The van der Waals surface area contributed by atoms with E-state index in [9.17, 15) is 13.2 Å². The van der Waals surface area contributed by atoms with Crippen LogP contribution in [0.1, 0.15) is 16.8 Å². The smallest absolute Gasteiger partial charge is 0.338 e. The summed E-state index contributed by atoms with van der Waals surface area (Å²) in [5, 5.41) is 0. The van der Waals surface area contributed by atoms with Gasteiger partial charge in [-0.2, -0.15) is 0 Å². The molecule has 5 nitrogen and oxygen atoms in total. The lowest BCUT2D eigenvalue weighted by Gasteiger charge is -2.05. The van der Waals surface area contributed by atoms with E-state index in [1.54, 1.807) is 30.3 Å². The minimum absolute atomic E-state index is 0.0500. The Morgan fingerprint density at radius 3 is 2.53 bits per heavy atom. The minimum Gasteiger partial charge on any atom is -0.462 e. The second-order valence-electron chi connectivity index (χ2n) is 3.38. The molecule has 17 heavy (non-hydrogen) atoms. The molecule has 0 saturated heterocycles. The molecule has 94 valence electrons. The second kappa shape index (κ2) is 6.36. The van der Waals surface area contributed by atoms with Gasteiger partial charge < -0.3 is 4.74 Å². The summed E-state index contributed by atoms with van der Waals surface area (Å²) in [6, 6.07) is 8.57. The zero-order valence-electron chi connectivity index (χ0n) is 9.55. The third-order valence-electron chi connectivity index (χ3n) is 2.11. The lowest BCUT2D eigenvalue weighted by Crippen LogP contribution is -2.23. The lowest BCUT2D eigenvalue weighted by atomic mass is 10.2. The number of ether oxygens (including phenoxy) is 1. The van der Waals surface area contributed by atoms with E-state index < -0.39 is 16.0 Å². The normalized spacial score (nSPS) is 11.1. The van der Waals surface area contributed by atoms with Gasteiger partial charge in [-0.05, 0) is 25.6 Å². The Labute approximate surface area is 101 Å². The van der Waals surface area contributed by atoms with E-state index in [1.165, 1.54) is 7.05 Å². The zero-order valence-corrected chi connectivity index (χ0v) is 10.4. The molecule has 1 aromatic rings. The van der Waals surface area contributed by atoms with Gasteiger partial charge in [-0.3, -0.25) is 0 Å². The first-order valence-electron chi connectivity index (χ1n) is 5.18. The topological polar surface area (TPSA) is 72.5 Å². The van der Waals surface area contributed by atoms with Crippen molar-refractivity contribution in [1.29, 1.82) is 0 Å². The standard InChI is InChI=1S/C11H15NO4S/c1-12-17(14,15)9-5-8-16-11(13)10-6-3-2-4-7-10/h2-4,6-7,12H,5,8-9H2,1H3. The molecule has 0 saturated carbocycles. The van der Waals surface area contributed by atoms with E-state index in [-0.39, 0.29) is 18.8 Å². The molecule has 0 fully saturated rings. The van der Waals surface area contributed by atoms with Crippen LogP contribution in [0.15, 0.2) is 30.3 Å². The maximum absolute atomic E-state index is 11.5.